The van der Waals surface area contributed by atoms with E-state index >= 15 is 0 Å². The van der Waals surface area contributed by atoms with E-state index in [9.17, 15) is 22.4 Å². The van der Waals surface area contributed by atoms with Crippen molar-refractivity contribution < 1.29 is 22.4 Å². The highest BCUT2D eigenvalue weighted by Gasteiger charge is 2.31. The highest BCUT2D eigenvalue weighted by atomic mass is 35.5. The van der Waals surface area contributed by atoms with Gasteiger partial charge >= 0.3 is 0 Å². The summed E-state index contributed by atoms with van der Waals surface area (Å²) in [5, 5.41) is 3.30. The van der Waals surface area contributed by atoms with Crippen LogP contribution in [0.5, 0.6) is 0 Å². The standard InChI is InChI=1S/C23H21ClFN3O4S2/c24-18-6-4-16(5-7-18)22(29)26-15-20-8-9-21(33-20)34(31,32)28-12-10-27(11-13-28)23(30)17-2-1-3-19(25)14-17/h1-9,14H,10-13,15H2,(H,26,29). The van der Waals surface area contributed by atoms with Crippen molar-refractivity contribution in [2.24, 2.45) is 0 Å². The lowest BCUT2D eigenvalue weighted by molar-refractivity contribution is 0.0697. The molecule has 0 radical (unpaired) electrons. The van der Waals surface area contributed by atoms with Gasteiger partial charge in [0.1, 0.15) is 10.0 Å². The van der Waals surface area contributed by atoms with Gasteiger partial charge in [-0.05, 0) is 54.6 Å². The van der Waals surface area contributed by atoms with E-state index in [-0.39, 0.29) is 54.3 Å². The number of nitrogens with zero attached hydrogens (tertiary/aromatic N) is 2. The van der Waals surface area contributed by atoms with Gasteiger partial charge in [-0.15, -0.1) is 11.3 Å². The zero-order valence-corrected chi connectivity index (χ0v) is 20.3. The Kier molecular flexibility index (Phi) is 7.32. The van der Waals surface area contributed by atoms with Crippen molar-refractivity contribution in [3.8, 4) is 0 Å². The Hall–Kier alpha value is -2.79. The fraction of sp³-hybridized carbons (Fsp3) is 0.217. The number of hydrogen-bond acceptors (Lipinski definition) is 5. The van der Waals surface area contributed by atoms with Gasteiger partial charge in [0, 0.05) is 47.2 Å². The first-order valence-electron chi connectivity index (χ1n) is 10.4. The third kappa shape index (κ3) is 5.47. The number of piperazine rings is 1. The van der Waals surface area contributed by atoms with Gasteiger partial charge in [-0.2, -0.15) is 4.31 Å². The number of halogens is 2. The summed E-state index contributed by atoms with van der Waals surface area (Å²) in [4.78, 5) is 27.1. The number of sulfonamides is 1. The molecule has 0 spiro atoms. The summed E-state index contributed by atoms with van der Waals surface area (Å²) < 4.78 is 41.1. The molecule has 178 valence electrons. The van der Waals surface area contributed by atoms with Crippen LogP contribution in [0.4, 0.5) is 4.39 Å². The molecule has 0 saturated carbocycles. The van der Waals surface area contributed by atoms with Crippen LogP contribution in [-0.2, 0) is 16.6 Å². The predicted molar refractivity (Wildman–Crippen MR) is 128 cm³/mol. The van der Waals surface area contributed by atoms with E-state index in [0.717, 1.165) is 11.3 Å². The summed E-state index contributed by atoms with van der Waals surface area (Å²) in [7, 11) is -3.73. The van der Waals surface area contributed by atoms with Crippen molar-refractivity contribution in [1.82, 2.24) is 14.5 Å². The lowest BCUT2D eigenvalue weighted by Gasteiger charge is -2.33. The summed E-state index contributed by atoms with van der Waals surface area (Å²) in [6.45, 7) is 0.902. The lowest BCUT2D eigenvalue weighted by Crippen LogP contribution is -2.50. The second-order valence-corrected chi connectivity index (χ2v) is 11.4. The lowest BCUT2D eigenvalue weighted by atomic mass is 10.2. The summed E-state index contributed by atoms with van der Waals surface area (Å²) in [5.74, 6) is -1.11. The van der Waals surface area contributed by atoms with Gasteiger partial charge in [0.05, 0.1) is 6.54 Å². The topological polar surface area (TPSA) is 86.8 Å². The fourth-order valence-electron chi connectivity index (χ4n) is 3.53. The van der Waals surface area contributed by atoms with E-state index < -0.39 is 15.8 Å². The van der Waals surface area contributed by atoms with Crippen molar-refractivity contribution in [3.05, 3.63) is 87.5 Å². The van der Waals surface area contributed by atoms with E-state index in [1.54, 1.807) is 30.3 Å². The van der Waals surface area contributed by atoms with Crippen LogP contribution >= 0.6 is 22.9 Å². The highest BCUT2D eigenvalue weighted by molar-refractivity contribution is 7.91. The number of amides is 2. The number of benzene rings is 2. The van der Waals surface area contributed by atoms with Crippen LogP contribution in [-0.4, -0.2) is 55.6 Å². The van der Waals surface area contributed by atoms with Crippen LogP contribution in [0.15, 0.2) is 64.9 Å². The van der Waals surface area contributed by atoms with Crippen LogP contribution in [0.25, 0.3) is 0 Å². The van der Waals surface area contributed by atoms with Crippen LogP contribution in [0.3, 0.4) is 0 Å². The predicted octanol–water partition coefficient (Wildman–Crippen LogP) is 3.62. The molecule has 1 saturated heterocycles. The van der Waals surface area contributed by atoms with Crippen molar-refractivity contribution >= 4 is 44.8 Å². The minimum Gasteiger partial charge on any atom is -0.347 e. The third-order valence-corrected chi connectivity index (χ3v) is 9.06. The normalized spacial score (nSPS) is 14.7. The zero-order valence-electron chi connectivity index (χ0n) is 17.9. The molecule has 7 nitrogen and oxygen atoms in total. The molecule has 2 heterocycles. The smallest absolute Gasteiger partial charge is 0.254 e. The number of nitrogens with one attached hydrogen (secondary N) is 1. The molecule has 0 aliphatic carbocycles. The third-order valence-electron chi connectivity index (χ3n) is 5.36. The molecular weight excluding hydrogens is 501 g/mol. The van der Waals surface area contributed by atoms with Gasteiger partial charge in [-0.25, -0.2) is 12.8 Å². The number of carbonyl (C=O) groups excluding carboxylic acids is 2. The SMILES string of the molecule is O=C(NCc1ccc(S(=O)(=O)N2CCN(C(=O)c3cccc(F)c3)CC2)s1)c1ccc(Cl)cc1. The molecular formula is C23H21ClFN3O4S2. The molecule has 2 amide bonds. The minimum atomic E-state index is -3.73. The number of thiophene rings is 1. The maximum Gasteiger partial charge on any atom is 0.254 e. The summed E-state index contributed by atoms with van der Waals surface area (Å²) in [5.41, 5.74) is 0.694. The monoisotopic (exact) mass is 521 g/mol. The molecule has 2 aromatic carbocycles. The molecule has 0 unspecified atom stereocenters. The van der Waals surface area contributed by atoms with E-state index in [0.29, 0.717) is 15.5 Å². The molecule has 1 aromatic heterocycles. The molecule has 34 heavy (non-hydrogen) atoms. The Morgan fingerprint density at radius 2 is 1.68 bits per heavy atom. The summed E-state index contributed by atoms with van der Waals surface area (Å²) in [6.07, 6.45) is 0. The zero-order chi connectivity index (χ0) is 24.3. The number of carbonyl (C=O) groups is 2. The van der Waals surface area contributed by atoms with E-state index in [2.05, 4.69) is 5.32 Å². The Morgan fingerprint density at radius 3 is 2.35 bits per heavy atom. The number of rotatable bonds is 6. The molecule has 4 rings (SSSR count). The Balaban J connectivity index is 1.34. The van der Waals surface area contributed by atoms with Crippen LogP contribution in [0, 0.1) is 5.82 Å². The average Bonchev–Trinajstić information content (AvgIpc) is 3.33. The van der Waals surface area contributed by atoms with Crippen molar-refractivity contribution in [3.63, 3.8) is 0 Å². The highest BCUT2D eigenvalue weighted by Crippen LogP contribution is 2.26. The van der Waals surface area contributed by atoms with E-state index in [4.69, 9.17) is 11.6 Å². The Labute approximate surface area is 205 Å². The maximum atomic E-state index is 13.4. The maximum absolute atomic E-state index is 13.4. The quantitative estimate of drug-likeness (QED) is 0.537. The summed E-state index contributed by atoms with van der Waals surface area (Å²) >= 11 is 6.92. The molecule has 1 fully saturated rings. The minimum absolute atomic E-state index is 0.143. The van der Waals surface area contributed by atoms with E-state index in [1.165, 1.54) is 39.5 Å². The van der Waals surface area contributed by atoms with Gasteiger partial charge in [0.2, 0.25) is 0 Å². The van der Waals surface area contributed by atoms with Gasteiger partial charge in [0.25, 0.3) is 21.8 Å². The molecule has 0 bridgehead atoms. The molecule has 1 N–H and O–H groups in total. The summed E-state index contributed by atoms with van der Waals surface area (Å²) in [6, 6.07) is 15.1. The van der Waals surface area contributed by atoms with Crippen LogP contribution < -0.4 is 5.32 Å². The molecule has 1 aliphatic rings. The Bertz CT molecular complexity index is 1300. The second-order valence-electron chi connectivity index (χ2n) is 7.62. The first kappa shape index (κ1) is 24.3. The van der Waals surface area contributed by atoms with Gasteiger partial charge in [0.15, 0.2) is 0 Å². The molecule has 0 atom stereocenters. The molecule has 1 aliphatic heterocycles. The van der Waals surface area contributed by atoms with E-state index in [1.807, 2.05) is 0 Å². The molecule has 11 heteroatoms. The van der Waals surface area contributed by atoms with Crippen LogP contribution in [0.2, 0.25) is 5.02 Å². The Morgan fingerprint density at radius 1 is 0.971 bits per heavy atom. The largest absolute Gasteiger partial charge is 0.347 e. The van der Waals surface area contributed by atoms with Gasteiger partial charge < -0.3 is 10.2 Å². The number of hydrogen-bond donors (Lipinski definition) is 1. The van der Waals surface area contributed by atoms with Crippen LogP contribution in [0.1, 0.15) is 25.6 Å². The first-order chi connectivity index (χ1) is 16.2. The fourth-order valence-corrected chi connectivity index (χ4v) is 6.52. The van der Waals surface area contributed by atoms with Gasteiger partial charge in [-0.3, -0.25) is 9.59 Å². The van der Waals surface area contributed by atoms with Crippen molar-refractivity contribution in [2.75, 3.05) is 26.2 Å². The second kappa shape index (κ2) is 10.2. The first-order valence-corrected chi connectivity index (χ1v) is 13.0. The molecule has 3 aromatic rings. The van der Waals surface area contributed by atoms with Gasteiger partial charge in [-0.1, -0.05) is 17.7 Å². The van der Waals surface area contributed by atoms with Crippen molar-refractivity contribution in [2.45, 2.75) is 10.8 Å². The average molecular weight is 522 g/mol. The van der Waals surface area contributed by atoms with Crippen molar-refractivity contribution in [1.29, 1.82) is 0 Å².